The number of aromatic nitrogens is 6. The second-order valence-electron chi connectivity index (χ2n) is 15.0. The first-order valence-electron chi connectivity index (χ1n) is 19.6. The first-order valence-corrected chi connectivity index (χ1v) is 21.9. The number of hydrogen-bond donors (Lipinski definition) is 2. The van der Waals surface area contributed by atoms with E-state index in [9.17, 15) is 13.2 Å². The summed E-state index contributed by atoms with van der Waals surface area (Å²) in [5, 5.41) is 17.4. The van der Waals surface area contributed by atoms with E-state index in [2.05, 4.69) is 69.5 Å². The summed E-state index contributed by atoms with van der Waals surface area (Å²) in [5.74, 6) is 1.73. The molecule has 0 aliphatic carbocycles. The van der Waals surface area contributed by atoms with Crippen molar-refractivity contribution in [3.63, 3.8) is 0 Å². The van der Waals surface area contributed by atoms with Crippen molar-refractivity contribution < 1.29 is 13.2 Å². The van der Waals surface area contributed by atoms with E-state index in [-0.39, 0.29) is 12.6 Å². The van der Waals surface area contributed by atoms with Gasteiger partial charge in [0.15, 0.2) is 11.3 Å². The molecule has 17 heteroatoms. The van der Waals surface area contributed by atoms with Crippen LogP contribution < -0.4 is 10.6 Å². The van der Waals surface area contributed by atoms with Gasteiger partial charge in [0.2, 0.25) is 0 Å². The summed E-state index contributed by atoms with van der Waals surface area (Å²) in [6, 6.07) is 25.7. The van der Waals surface area contributed by atoms with E-state index in [1.165, 1.54) is 6.07 Å². The molecule has 0 amide bonds. The molecule has 2 saturated heterocycles. The number of alkyl halides is 3. The van der Waals surface area contributed by atoms with Crippen LogP contribution in [0, 0.1) is 0 Å². The Morgan fingerprint density at radius 2 is 1.12 bits per heavy atom. The molecule has 9 rings (SSSR count). The van der Waals surface area contributed by atoms with Crippen LogP contribution in [0.1, 0.15) is 36.8 Å². The van der Waals surface area contributed by atoms with Gasteiger partial charge in [-0.15, -0.1) is 0 Å². The predicted molar refractivity (Wildman–Crippen MR) is 240 cm³/mol. The molecule has 2 fully saturated rings. The van der Waals surface area contributed by atoms with Gasteiger partial charge in [0.25, 0.3) is 0 Å². The zero-order valence-electron chi connectivity index (χ0n) is 32.5. The van der Waals surface area contributed by atoms with Crippen LogP contribution in [-0.2, 0) is 12.7 Å². The van der Waals surface area contributed by atoms with Gasteiger partial charge >= 0.3 is 6.18 Å². The Hall–Kier alpha value is -4.25. The molecule has 2 aliphatic rings. The van der Waals surface area contributed by atoms with E-state index in [4.69, 9.17) is 33.2 Å². The molecule has 2 N–H and O–H groups in total. The van der Waals surface area contributed by atoms with Crippen molar-refractivity contribution in [2.24, 2.45) is 0 Å². The minimum Gasteiger partial charge on any atom is -0.367 e. The zero-order chi connectivity index (χ0) is 42.0. The van der Waals surface area contributed by atoms with Crippen LogP contribution in [0.2, 0.25) is 10.0 Å². The third-order valence-corrected chi connectivity index (χ3v) is 12.7. The van der Waals surface area contributed by atoms with Crippen LogP contribution in [0.4, 0.5) is 24.8 Å². The number of benzene rings is 3. The summed E-state index contributed by atoms with van der Waals surface area (Å²) >= 11 is 19.9. The van der Waals surface area contributed by atoms with Crippen LogP contribution in [0.3, 0.4) is 0 Å². The molecule has 60 heavy (non-hydrogen) atoms. The molecular weight excluding hydrogens is 944 g/mol. The smallest absolute Gasteiger partial charge is 0.367 e. The number of hydrogen-bond acceptors (Lipinski definition) is 8. The molecule has 3 aromatic carbocycles. The minimum atomic E-state index is -4.35. The van der Waals surface area contributed by atoms with Crippen molar-refractivity contribution in [1.82, 2.24) is 39.0 Å². The quantitative estimate of drug-likeness (QED) is 0.156. The second-order valence-corrected chi connectivity index (χ2v) is 17.6. The third-order valence-electron chi connectivity index (χ3n) is 10.9. The Morgan fingerprint density at radius 3 is 1.60 bits per heavy atom. The Balaban J connectivity index is 0.000000176. The summed E-state index contributed by atoms with van der Waals surface area (Å²) in [6.45, 7) is 3.87. The third kappa shape index (κ3) is 9.61. The van der Waals surface area contributed by atoms with Crippen molar-refractivity contribution in [1.29, 1.82) is 0 Å². The normalized spacial score (nSPS) is 15.9. The summed E-state index contributed by atoms with van der Waals surface area (Å²) < 4.78 is 45.3. The van der Waals surface area contributed by atoms with Crippen molar-refractivity contribution >= 4 is 78.0 Å². The standard InChI is InChI=1S/C25H22BrClF3N5.C18H19BrClN5/c26-20-14-31-35-23(13-22(33-24(20)35)18-6-2-4-8-21(18)27)32-17-9-11-34(12-10-17)15-16-5-1-3-7-19(16)25(28,29)30;1-24-8-6-12(7-9-24)22-17-10-16(13-4-2-3-5-15(13)20)23-18-14(19)11-21-25(17)18/h1-8,13-14,17,32H,9-12,15H2;2-5,10-12,22H,6-9H2,1H3. The fraction of sp³-hybridized carbons (Fsp3) is 0.302. The monoisotopic (exact) mass is 982 g/mol. The van der Waals surface area contributed by atoms with Gasteiger partial charge in [-0.25, -0.2) is 9.97 Å². The van der Waals surface area contributed by atoms with Crippen molar-refractivity contribution in [3.05, 3.63) is 127 Å². The highest BCUT2D eigenvalue weighted by molar-refractivity contribution is 9.11. The minimum absolute atomic E-state index is 0.150. The Kier molecular flexibility index (Phi) is 13.0. The van der Waals surface area contributed by atoms with E-state index in [1.807, 2.05) is 65.2 Å². The molecule has 0 atom stereocenters. The van der Waals surface area contributed by atoms with Crippen LogP contribution >= 0.6 is 55.1 Å². The van der Waals surface area contributed by atoms with E-state index in [0.29, 0.717) is 40.4 Å². The molecule has 312 valence electrons. The van der Waals surface area contributed by atoms with E-state index < -0.39 is 11.7 Å². The molecule has 2 aliphatic heterocycles. The molecule has 4 aromatic heterocycles. The SMILES string of the molecule is CN1CCC(Nc2cc(-c3ccccc3Cl)nc3c(Br)cnn23)CC1.FC(F)(F)c1ccccc1CN1CCC(Nc2cc(-c3ccccc3Cl)nc3c(Br)cnn23)CC1. The lowest BCUT2D eigenvalue weighted by atomic mass is 10.0. The number of nitrogens with one attached hydrogen (secondary N) is 2. The summed E-state index contributed by atoms with van der Waals surface area (Å²) in [6.07, 6.45) is 2.95. The molecule has 0 radical (unpaired) electrons. The Morgan fingerprint density at radius 1 is 0.667 bits per heavy atom. The molecule has 0 unspecified atom stereocenters. The fourth-order valence-corrected chi connectivity index (χ4v) is 8.84. The highest BCUT2D eigenvalue weighted by Crippen LogP contribution is 2.35. The number of rotatable bonds is 8. The first-order chi connectivity index (χ1) is 28.9. The maximum Gasteiger partial charge on any atom is 0.416 e. The van der Waals surface area contributed by atoms with Gasteiger partial charge in [-0.1, -0.05) is 77.8 Å². The highest BCUT2D eigenvalue weighted by Gasteiger charge is 2.33. The molecular formula is C43H41Br2Cl2F3N10. The number of piperidine rings is 2. The summed E-state index contributed by atoms with van der Waals surface area (Å²) in [5.41, 5.74) is 4.53. The maximum absolute atomic E-state index is 13.4. The Bertz CT molecular complexity index is 2600. The average Bonchev–Trinajstić information content (AvgIpc) is 3.81. The molecule has 0 spiro atoms. The van der Waals surface area contributed by atoms with Crippen LogP contribution in [-0.4, -0.2) is 84.3 Å². The summed E-state index contributed by atoms with van der Waals surface area (Å²) in [4.78, 5) is 13.9. The number of fused-ring (bicyclic) bond motifs is 2. The first kappa shape index (κ1) is 42.4. The number of halogens is 7. The van der Waals surface area contributed by atoms with Crippen molar-refractivity contribution in [2.45, 2.75) is 50.5 Å². The van der Waals surface area contributed by atoms with Crippen LogP contribution in [0.15, 0.2) is 106 Å². The maximum atomic E-state index is 13.4. The highest BCUT2D eigenvalue weighted by atomic mass is 79.9. The zero-order valence-corrected chi connectivity index (χ0v) is 37.2. The second kappa shape index (κ2) is 18.4. The molecule has 0 saturated carbocycles. The van der Waals surface area contributed by atoms with Gasteiger partial charge in [0.05, 0.1) is 38.3 Å². The van der Waals surface area contributed by atoms with Gasteiger partial charge in [0.1, 0.15) is 11.6 Å². The predicted octanol–water partition coefficient (Wildman–Crippen LogP) is 11.2. The van der Waals surface area contributed by atoms with Gasteiger partial charge < -0.3 is 15.5 Å². The van der Waals surface area contributed by atoms with Gasteiger partial charge in [-0.05, 0) is 101 Å². The lowest BCUT2D eigenvalue weighted by Crippen LogP contribution is -2.39. The fourth-order valence-electron chi connectivity index (χ4n) is 7.67. The largest absolute Gasteiger partial charge is 0.416 e. The molecule has 0 bridgehead atoms. The molecule has 7 aromatic rings. The molecule has 6 heterocycles. The number of nitrogens with zero attached hydrogens (tertiary/aromatic N) is 8. The molecule has 10 nitrogen and oxygen atoms in total. The van der Waals surface area contributed by atoms with E-state index in [0.717, 1.165) is 93.6 Å². The van der Waals surface area contributed by atoms with Crippen molar-refractivity contribution in [2.75, 3.05) is 43.9 Å². The van der Waals surface area contributed by atoms with Gasteiger partial charge in [0, 0.05) is 65.0 Å². The number of anilines is 2. The summed E-state index contributed by atoms with van der Waals surface area (Å²) in [7, 11) is 2.17. The van der Waals surface area contributed by atoms with Crippen LogP contribution in [0.25, 0.3) is 33.8 Å². The number of likely N-dealkylation sites (tertiary alicyclic amines) is 2. The lowest BCUT2D eigenvalue weighted by molar-refractivity contribution is -0.138. The lowest BCUT2D eigenvalue weighted by Gasteiger charge is -2.33. The van der Waals surface area contributed by atoms with E-state index >= 15 is 0 Å². The van der Waals surface area contributed by atoms with Crippen molar-refractivity contribution in [3.8, 4) is 22.5 Å². The topological polar surface area (TPSA) is 90.9 Å². The van der Waals surface area contributed by atoms with Gasteiger partial charge in [-0.3, -0.25) is 4.90 Å². The average molecular weight is 986 g/mol. The Labute approximate surface area is 372 Å². The van der Waals surface area contributed by atoms with Gasteiger partial charge in [-0.2, -0.15) is 32.4 Å². The van der Waals surface area contributed by atoms with Crippen LogP contribution in [0.5, 0.6) is 0 Å². The van der Waals surface area contributed by atoms with E-state index in [1.54, 1.807) is 29.0 Å².